The Labute approximate surface area is 131 Å². The average Bonchev–Trinajstić information content (AvgIpc) is 2.26. The van der Waals surface area contributed by atoms with E-state index in [1.165, 1.54) is 0 Å². The third kappa shape index (κ3) is 5.13. The maximum atomic E-state index is 11.5. The van der Waals surface area contributed by atoms with E-state index in [9.17, 15) is 4.79 Å². The van der Waals surface area contributed by atoms with E-state index in [0.29, 0.717) is 17.7 Å². The molecular formula is C16H34N2O2Si. The minimum Gasteiger partial charge on any atom is -0.466 e. The van der Waals surface area contributed by atoms with Crippen molar-refractivity contribution < 1.29 is 9.53 Å². The zero-order chi connectivity index (χ0) is 16.8. The number of nitrogens with zero attached hydrogens (tertiary/aromatic N) is 1. The van der Waals surface area contributed by atoms with Crippen LogP contribution in [0.5, 0.6) is 0 Å². The number of hydrogen-bond donors (Lipinski definition) is 1. The molecule has 0 radical (unpaired) electrons. The lowest BCUT2D eigenvalue weighted by atomic mass is 10.2. The number of carbonyl (C=O) groups excluding carboxylic acids is 1. The predicted molar refractivity (Wildman–Crippen MR) is 93.2 cm³/mol. The first-order chi connectivity index (χ1) is 9.49. The summed E-state index contributed by atoms with van der Waals surface area (Å²) in [6.07, 6.45) is 0.256. The molecule has 0 amide bonds. The predicted octanol–water partition coefficient (Wildman–Crippen LogP) is 4.47. The minimum absolute atomic E-state index is 0.184. The lowest BCUT2D eigenvalue weighted by molar-refractivity contribution is -0.141. The quantitative estimate of drug-likeness (QED) is 0.326. The Bertz CT molecular complexity index is 363. The molecule has 4 nitrogen and oxygen atoms in total. The van der Waals surface area contributed by atoms with Gasteiger partial charge in [0.2, 0.25) is 0 Å². The smallest absolute Gasteiger partial charge is 0.311 e. The number of nitrogens with one attached hydrogen (secondary N) is 1. The second kappa shape index (κ2) is 7.97. The standard InChI is InChI=1S/C16H34N2O2Si/c1-10-20-15(19)11-14(6)17-18-21(12(2)3,13(4)5)16(7,8)9/h12-13,18H,10-11H2,1-9H3/b17-14-. The summed E-state index contributed by atoms with van der Waals surface area (Å²) >= 11 is 0. The van der Waals surface area contributed by atoms with Gasteiger partial charge in [-0.15, -0.1) is 0 Å². The van der Waals surface area contributed by atoms with Crippen LogP contribution in [0.25, 0.3) is 0 Å². The van der Waals surface area contributed by atoms with E-state index in [4.69, 9.17) is 4.74 Å². The van der Waals surface area contributed by atoms with E-state index >= 15 is 0 Å². The van der Waals surface area contributed by atoms with Crippen LogP contribution in [-0.4, -0.2) is 26.5 Å². The summed E-state index contributed by atoms with van der Waals surface area (Å²) in [4.78, 5) is 11.5. The highest BCUT2D eigenvalue weighted by molar-refractivity contribution is 6.82. The SMILES string of the molecule is CCOC(=O)C/C(C)=N\N[Si](C(C)C)(C(C)C)C(C)(C)C. The van der Waals surface area contributed by atoms with Crippen LogP contribution in [0.2, 0.25) is 16.1 Å². The Morgan fingerprint density at radius 2 is 1.67 bits per heavy atom. The summed E-state index contributed by atoms with van der Waals surface area (Å²) in [5.41, 5.74) is 1.89. The van der Waals surface area contributed by atoms with E-state index < -0.39 is 8.24 Å². The molecule has 0 saturated carbocycles. The van der Waals surface area contributed by atoms with Gasteiger partial charge in [-0.1, -0.05) is 48.5 Å². The Kier molecular flexibility index (Phi) is 7.65. The molecule has 0 aromatic carbocycles. The van der Waals surface area contributed by atoms with Crippen LogP contribution in [-0.2, 0) is 9.53 Å². The molecule has 0 fully saturated rings. The van der Waals surface area contributed by atoms with E-state index in [-0.39, 0.29) is 17.4 Å². The van der Waals surface area contributed by atoms with E-state index in [1.54, 1.807) is 0 Å². The number of carbonyl (C=O) groups is 1. The second-order valence-electron chi connectivity index (χ2n) is 7.37. The van der Waals surface area contributed by atoms with Crippen LogP contribution in [0.3, 0.4) is 0 Å². The van der Waals surface area contributed by atoms with Gasteiger partial charge in [-0.25, -0.2) is 0 Å². The molecule has 0 aliphatic carbocycles. The number of esters is 1. The van der Waals surface area contributed by atoms with E-state index in [2.05, 4.69) is 58.7 Å². The zero-order valence-corrected chi connectivity index (χ0v) is 16.3. The highest BCUT2D eigenvalue weighted by Gasteiger charge is 2.50. The molecule has 0 saturated heterocycles. The zero-order valence-electron chi connectivity index (χ0n) is 15.3. The molecule has 0 aliphatic rings. The maximum absolute atomic E-state index is 11.5. The topological polar surface area (TPSA) is 50.7 Å². The van der Waals surface area contributed by atoms with Crippen molar-refractivity contribution in [3.63, 3.8) is 0 Å². The highest BCUT2D eigenvalue weighted by atomic mass is 28.3. The van der Waals surface area contributed by atoms with Crippen molar-refractivity contribution in [2.24, 2.45) is 5.10 Å². The maximum Gasteiger partial charge on any atom is 0.311 e. The Morgan fingerprint density at radius 1 is 1.19 bits per heavy atom. The molecule has 21 heavy (non-hydrogen) atoms. The number of rotatable bonds is 7. The first-order valence-corrected chi connectivity index (χ1v) is 10.1. The summed E-state index contributed by atoms with van der Waals surface area (Å²) < 4.78 is 4.97. The summed E-state index contributed by atoms with van der Waals surface area (Å²) in [6, 6.07) is 0. The molecule has 124 valence electrons. The van der Waals surface area contributed by atoms with Crippen molar-refractivity contribution in [1.82, 2.24) is 5.09 Å². The molecule has 0 heterocycles. The Morgan fingerprint density at radius 3 is 2.00 bits per heavy atom. The first-order valence-electron chi connectivity index (χ1n) is 7.95. The normalized spacial score (nSPS) is 13.8. The van der Waals surface area contributed by atoms with Gasteiger partial charge in [0.15, 0.2) is 8.24 Å². The van der Waals surface area contributed by atoms with E-state index in [0.717, 1.165) is 5.71 Å². The molecular weight excluding hydrogens is 280 g/mol. The van der Waals surface area contributed by atoms with Gasteiger partial charge in [0.05, 0.1) is 13.0 Å². The van der Waals surface area contributed by atoms with Crippen molar-refractivity contribution in [3.05, 3.63) is 0 Å². The molecule has 0 unspecified atom stereocenters. The Hall–Kier alpha value is -0.843. The molecule has 0 aromatic heterocycles. The van der Waals surface area contributed by atoms with Gasteiger partial charge in [-0.2, -0.15) is 5.10 Å². The minimum atomic E-state index is -1.87. The fraction of sp³-hybridized carbons (Fsp3) is 0.875. The number of ether oxygens (including phenoxy) is 1. The van der Waals surface area contributed by atoms with Gasteiger partial charge in [0.25, 0.3) is 0 Å². The third-order valence-electron chi connectivity index (χ3n) is 4.20. The van der Waals surface area contributed by atoms with E-state index in [1.807, 2.05) is 13.8 Å². The second-order valence-corrected chi connectivity index (χ2v) is 13.1. The van der Waals surface area contributed by atoms with Gasteiger partial charge >= 0.3 is 5.97 Å². The lowest BCUT2D eigenvalue weighted by Crippen LogP contribution is -2.60. The van der Waals surface area contributed by atoms with Crippen molar-refractivity contribution in [1.29, 1.82) is 0 Å². The van der Waals surface area contributed by atoms with Crippen LogP contribution in [0, 0.1) is 0 Å². The molecule has 0 aliphatic heterocycles. The molecule has 0 spiro atoms. The van der Waals surface area contributed by atoms with Crippen LogP contribution in [0.1, 0.15) is 68.7 Å². The summed E-state index contributed by atoms with van der Waals surface area (Å²) in [5.74, 6) is -0.210. The van der Waals surface area contributed by atoms with Crippen LogP contribution >= 0.6 is 0 Å². The average molecular weight is 315 g/mol. The van der Waals surface area contributed by atoms with Crippen LogP contribution in [0.15, 0.2) is 5.10 Å². The molecule has 0 bridgehead atoms. The number of hydrazone groups is 1. The van der Waals surface area contributed by atoms with Crippen molar-refractivity contribution in [2.75, 3.05) is 6.61 Å². The largest absolute Gasteiger partial charge is 0.466 e. The monoisotopic (exact) mass is 314 g/mol. The first kappa shape index (κ1) is 20.2. The van der Waals surface area contributed by atoms with Gasteiger partial charge in [0.1, 0.15) is 0 Å². The van der Waals surface area contributed by atoms with Crippen LogP contribution in [0.4, 0.5) is 0 Å². The molecule has 5 heteroatoms. The third-order valence-corrected chi connectivity index (χ3v) is 10.8. The van der Waals surface area contributed by atoms with Gasteiger partial charge in [-0.05, 0) is 30.0 Å². The molecule has 0 atom stereocenters. The van der Waals surface area contributed by atoms with Crippen LogP contribution < -0.4 is 5.09 Å². The number of hydrogen-bond acceptors (Lipinski definition) is 4. The van der Waals surface area contributed by atoms with Gasteiger partial charge in [0, 0.05) is 5.71 Å². The fourth-order valence-electron chi connectivity index (χ4n) is 3.47. The molecule has 0 rings (SSSR count). The van der Waals surface area contributed by atoms with Crippen molar-refractivity contribution in [2.45, 2.75) is 84.9 Å². The Balaban J connectivity index is 5.21. The summed E-state index contributed by atoms with van der Waals surface area (Å²) in [7, 11) is -1.87. The summed E-state index contributed by atoms with van der Waals surface area (Å²) in [5, 5.41) is 8.28. The van der Waals surface area contributed by atoms with Crippen molar-refractivity contribution >= 4 is 19.9 Å². The highest BCUT2D eigenvalue weighted by Crippen LogP contribution is 2.48. The lowest BCUT2D eigenvalue weighted by Gasteiger charge is -2.48. The van der Waals surface area contributed by atoms with Gasteiger partial charge < -0.3 is 9.83 Å². The molecule has 1 N–H and O–H groups in total. The van der Waals surface area contributed by atoms with Gasteiger partial charge in [-0.3, -0.25) is 4.79 Å². The fourth-order valence-corrected chi connectivity index (χ4v) is 9.50. The molecule has 0 aromatic rings. The summed E-state index contributed by atoms with van der Waals surface area (Å²) in [6.45, 7) is 20.1. The van der Waals surface area contributed by atoms with Crippen molar-refractivity contribution in [3.8, 4) is 0 Å².